The molecule has 0 aliphatic carbocycles. The second-order valence-electron chi connectivity index (χ2n) is 3.85. The van der Waals surface area contributed by atoms with E-state index in [-0.39, 0.29) is 0 Å². The number of aliphatic hydroxyl groups is 1. The highest BCUT2D eigenvalue weighted by Gasteiger charge is 2.23. The lowest BCUT2D eigenvalue weighted by Gasteiger charge is -2.22. The summed E-state index contributed by atoms with van der Waals surface area (Å²) in [5.41, 5.74) is 0.0206. The fourth-order valence-electron chi connectivity index (χ4n) is 1.31. The Kier molecular flexibility index (Phi) is 3.66. The number of aromatic nitrogens is 2. The maximum atomic E-state index is 10.1. The predicted octanol–water partition coefficient (Wildman–Crippen LogP) is 0.627. The van der Waals surface area contributed by atoms with Crippen molar-refractivity contribution in [3.05, 3.63) is 18.0 Å². The summed E-state index contributed by atoms with van der Waals surface area (Å²) < 4.78 is 1.70. The lowest BCUT2D eigenvalue weighted by molar-refractivity contribution is 0.0571. The molecule has 0 aliphatic rings. The average Bonchev–Trinajstić information content (AvgIpc) is 2.53. The van der Waals surface area contributed by atoms with Gasteiger partial charge in [-0.1, -0.05) is 6.92 Å². The highest BCUT2D eigenvalue weighted by molar-refractivity contribution is 5.14. The van der Waals surface area contributed by atoms with E-state index in [0.29, 0.717) is 6.54 Å². The van der Waals surface area contributed by atoms with Gasteiger partial charge in [-0.3, -0.25) is 4.68 Å². The third-order valence-corrected chi connectivity index (χ3v) is 2.22. The van der Waals surface area contributed by atoms with Gasteiger partial charge >= 0.3 is 0 Å². The molecule has 14 heavy (non-hydrogen) atoms. The minimum Gasteiger partial charge on any atom is -0.384 e. The molecule has 4 heteroatoms. The second-order valence-corrected chi connectivity index (χ2v) is 3.85. The van der Waals surface area contributed by atoms with Crippen molar-refractivity contribution in [2.24, 2.45) is 7.05 Å². The number of rotatable bonds is 5. The molecule has 0 saturated heterocycles. The average molecular weight is 197 g/mol. The summed E-state index contributed by atoms with van der Waals surface area (Å²) >= 11 is 0. The molecule has 1 aromatic heterocycles. The van der Waals surface area contributed by atoms with Crippen molar-refractivity contribution in [3.63, 3.8) is 0 Å². The summed E-state index contributed by atoms with van der Waals surface area (Å²) in [6, 6.07) is 0. The van der Waals surface area contributed by atoms with Gasteiger partial charge in [-0.05, 0) is 19.9 Å². The van der Waals surface area contributed by atoms with Gasteiger partial charge in [0.1, 0.15) is 5.60 Å². The van der Waals surface area contributed by atoms with Crippen molar-refractivity contribution in [2.45, 2.75) is 25.9 Å². The van der Waals surface area contributed by atoms with E-state index in [2.05, 4.69) is 17.3 Å². The molecule has 80 valence electrons. The molecule has 1 heterocycles. The first-order valence-electron chi connectivity index (χ1n) is 4.98. The van der Waals surface area contributed by atoms with Crippen LogP contribution in [-0.2, 0) is 12.6 Å². The Morgan fingerprint density at radius 1 is 1.64 bits per heavy atom. The van der Waals surface area contributed by atoms with Crippen LogP contribution in [0.5, 0.6) is 0 Å². The van der Waals surface area contributed by atoms with Crippen LogP contribution in [0.25, 0.3) is 0 Å². The highest BCUT2D eigenvalue weighted by atomic mass is 16.3. The van der Waals surface area contributed by atoms with E-state index >= 15 is 0 Å². The fraction of sp³-hybridized carbons (Fsp3) is 0.700. The van der Waals surface area contributed by atoms with E-state index in [1.807, 2.05) is 13.2 Å². The fourth-order valence-corrected chi connectivity index (χ4v) is 1.31. The first-order valence-corrected chi connectivity index (χ1v) is 4.98. The third kappa shape index (κ3) is 2.82. The van der Waals surface area contributed by atoms with Crippen molar-refractivity contribution in [3.8, 4) is 0 Å². The second kappa shape index (κ2) is 4.57. The predicted molar refractivity (Wildman–Crippen MR) is 55.9 cm³/mol. The Balaban J connectivity index is 2.56. The van der Waals surface area contributed by atoms with Crippen LogP contribution in [0.2, 0.25) is 0 Å². The Morgan fingerprint density at radius 2 is 2.36 bits per heavy atom. The molecule has 0 amide bonds. The van der Waals surface area contributed by atoms with Crippen LogP contribution >= 0.6 is 0 Å². The highest BCUT2D eigenvalue weighted by Crippen LogP contribution is 2.18. The molecule has 1 rings (SSSR count). The summed E-state index contributed by atoms with van der Waals surface area (Å²) in [4.78, 5) is 0. The molecule has 0 radical (unpaired) electrons. The van der Waals surface area contributed by atoms with Gasteiger partial charge in [-0.2, -0.15) is 5.10 Å². The number of nitrogens with one attached hydrogen (secondary N) is 1. The van der Waals surface area contributed by atoms with Crippen molar-refractivity contribution < 1.29 is 5.11 Å². The maximum Gasteiger partial charge on any atom is 0.102 e. The minimum atomic E-state index is -0.830. The lowest BCUT2D eigenvalue weighted by Crippen LogP contribution is -2.35. The minimum absolute atomic E-state index is 0.562. The van der Waals surface area contributed by atoms with Crippen LogP contribution in [0.3, 0.4) is 0 Å². The molecule has 0 saturated carbocycles. The molecule has 2 N–H and O–H groups in total. The van der Waals surface area contributed by atoms with Crippen LogP contribution in [0.4, 0.5) is 0 Å². The van der Waals surface area contributed by atoms with Crippen molar-refractivity contribution in [1.82, 2.24) is 15.1 Å². The van der Waals surface area contributed by atoms with E-state index in [1.165, 1.54) is 0 Å². The Labute approximate surface area is 84.9 Å². The summed E-state index contributed by atoms with van der Waals surface area (Å²) in [5.74, 6) is 0. The third-order valence-electron chi connectivity index (χ3n) is 2.22. The Hall–Kier alpha value is -0.870. The van der Waals surface area contributed by atoms with Crippen LogP contribution < -0.4 is 5.32 Å². The summed E-state index contributed by atoms with van der Waals surface area (Å²) in [5, 5.41) is 17.3. The summed E-state index contributed by atoms with van der Waals surface area (Å²) in [6.07, 6.45) is 4.62. The largest absolute Gasteiger partial charge is 0.384 e. The van der Waals surface area contributed by atoms with Crippen LogP contribution in [0, 0.1) is 0 Å². The van der Waals surface area contributed by atoms with Gasteiger partial charge in [0.15, 0.2) is 0 Å². The van der Waals surface area contributed by atoms with Gasteiger partial charge in [-0.25, -0.2) is 0 Å². The molecule has 0 spiro atoms. The number of hydrogen-bond acceptors (Lipinski definition) is 3. The van der Waals surface area contributed by atoms with E-state index < -0.39 is 5.60 Å². The molecule has 0 aromatic carbocycles. The quantitative estimate of drug-likeness (QED) is 0.681. The van der Waals surface area contributed by atoms with Crippen LogP contribution in [0.1, 0.15) is 25.8 Å². The Bertz CT molecular complexity index is 281. The van der Waals surface area contributed by atoms with Gasteiger partial charge in [0.2, 0.25) is 0 Å². The maximum absolute atomic E-state index is 10.1. The van der Waals surface area contributed by atoms with Gasteiger partial charge < -0.3 is 10.4 Å². The van der Waals surface area contributed by atoms with Crippen LogP contribution in [-0.4, -0.2) is 28.0 Å². The topological polar surface area (TPSA) is 50.1 Å². The molecule has 0 bridgehead atoms. The van der Waals surface area contributed by atoms with E-state index in [0.717, 1.165) is 18.5 Å². The standard InChI is InChI=1S/C10H19N3O/c1-4-5-11-8-10(2,14)9-6-12-13(3)7-9/h6-7,11,14H,4-5,8H2,1-3H3. The van der Waals surface area contributed by atoms with E-state index in [4.69, 9.17) is 0 Å². The van der Waals surface area contributed by atoms with Crippen molar-refractivity contribution >= 4 is 0 Å². The number of aryl methyl sites for hydroxylation is 1. The molecular weight excluding hydrogens is 178 g/mol. The first-order chi connectivity index (χ1) is 6.56. The molecule has 1 unspecified atom stereocenters. The molecule has 1 atom stereocenters. The number of hydrogen-bond donors (Lipinski definition) is 2. The molecule has 4 nitrogen and oxygen atoms in total. The van der Waals surface area contributed by atoms with Crippen molar-refractivity contribution in [2.75, 3.05) is 13.1 Å². The molecule has 1 aromatic rings. The zero-order chi connectivity index (χ0) is 10.6. The van der Waals surface area contributed by atoms with E-state index in [9.17, 15) is 5.11 Å². The van der Waals surface area contributed by atoms with Gasteiger partial charge in [0.05, 0.1) is 6.20 Å². The zero-order valence-corrected chi connectivity index (χ0v) is 9.12. The molecule has 0 fully saturated rings. The Morgan fingerprint density at radius 3 is 2.86 bits per heavy atom. The van der Waals surface area contributed by atoms with Crippen molar-refractivity contribution in [1.29, 1.82) is 0 Å². The van der Waals surface area contributed by atoms with Gasteiger partial charge in [0.25, 0.3) is 0 Å². The van der Waals surface area contributed by atoms with E-state index in [1.54, 1.807) is 17.8 Å². The first kappa shape index (κ1) is 11.2. The number of nitrogens with zero attached hydrogens (tertiary/aromatic N) is 2. The van der Waals surface area contributed by atoms with Gasteiger partial charge in [-0.15, -0.1) is 0 Å². The summed E-state index contributed by atoms with van der Waals surface area (Å²) in [7, 11) is 1.85. The monoisotopic (exact) mass is 197 g/mol. The zero-order valence-electron chi connectivity index (χ0n) is 9.12. The van der Waals surface area contributed by atoms with Crippen LogP contribution in [0.15, 0.2) is 12.4 Å². The molecule has 0 aliphatic heterocycles. The SMILES string of the molecule is CCCNCC(C)(O)c1cnn(C)c1. The smallest absolute Gasteiger partial charge is 0.102 e. The normalized spacial score (nSPS) is 15.4. The lowest BCUT2D eigenvalue weighted by atomic mass is 10.00. The summed E-state index contributed by atoms with van der Waals surface area (Å²) in [6.45, 7) is 5.39. The molecular formula is C10H19N3O. The van der Waals surface area contributed by atoms with Gasteiger partial charge in [0, 0.05) is 25.4 Å².